The summed E-state index contributed by atoms with van der Waals surface area (Å²) in [4.78, 5) is 22.4. The Morgan fingerprint density at radius 3 is 2.28 bits per heavy atom. The van der Waals surface area contributed by atoms with Crippen molar-refractivity contribution in [1.82, 2.24) is 5.32 Å². The van der Waals surface area contributed by atoms with Crippen molar-refractivity contribution in [2.75, 3.05) is 5.32 Å². The second-order valence-corrected chi connectivity index (χ2v) is 4.12. The Kier molecular flexibility index (Phi) is 3.55. The Hall–Kier alpha value is -1.98. The van der Waals surface area contributed by atoms with Gasteiger partial charge in [0.2, 0.25) is 0 Å². The van der Waals surface area contributed by atoms with E-state index in [1.165, 1.54) is 24.3 Å². The molecule has 18 heavy (non-hydrogen) atoms. The summed E-state index contributed by atoms with van der Waals surface area (Å²) in [5.74, 6) is -1.55. The first-order valence-electron chi connectivity index (χ1n) is 5.56. The molecule has 1 aromatic carbocycles. The standard InChI is InChI=1S/C12H12F2N2O2/c13-10(14)12(18)16-8-3-1-7(2-4-8)11(17)15-9-5-6-9/h1-4,9-10H,5-6H2,(H,15,17)(H,16,18). The maximum Gasteiger partial charge on any atom is 0.315 e. The number of rotatable bonds is 4. The minimum Gasteiger partial charge on any atom is -0.349 e. The lowest BCUT2D eigenvalue weighted by Crippen LogP contribution is -2.25. The van der Waals surface area contributed by atoms with Crippen LogP contribution >= 0.6 is 0 Å². The first-order valence-corrected chi connectivity index (χ1v) is 5.56. The number of amides is 2. The Morgan fingerprint density at radius 1 is 1.17 bits per heavy atom. The van der Waals surface area contributed by atoms with E-state index in [1.54, 1.807) is 0 Å². The molecule has 1 aliphatic carbocycles. The van der Waals surface area contributed by atoms with E-state index >= 15 is 0 Å². The third-order valence-electron chi connectivity index (χ3n) is 2.53. The van der Waals surface area contributed by atoms with Crippen LogP contribution < -0.4 is 10.6 Å². The van der Waals surface area contributed by atoms with Crippen LogP contribution in [0, 0.1) is 0 Å². The van der Waals surface area contributed by atoms with Crippen molar-refractivity contribution in [1.29, 1.82) is 0 Å². The van der Waals surface area contributed by atoms with Crippen molar-refractivity contribution >= 4 is 17.5 Å². The number of halogens is 2. The number of hydrogen-bond acceptors (Lipinski definition) is 2. The fourth-order valence-corrected chi connectivity index (χ4v) is 1.40. The molecular formula is C12H12F2N2O2. The summed E-state index contributed by atoms with van der Waals surface area (Å²) in [5, 5.41) is 4.84. The lowest BCUT2D eigenvalue weighted by molar-refractivity contribution is -0.126. The van der Waals surface area contributed by atoms with Crippen LogP contribution in [0.2, 0.25) is 0 Å². The highest BCUT2D eigenvalue weighted by molar-refractivity contribution is 5.96. The molecule has 0 aromatic heterocycles. The van der Waals surface area contributed by atoms with Gasteiger partial charge in [0.25, 0.3) is 11.8 Å². The van der Waals surface area contributed by atoms with Crippen LogP contribution in [-0.2, 0) is 4.79 Å². The largest absolute Gasteiger partial charge is 0.349 e. The molecule has 1 aliphatic rings. The number of anilines is 1. The second kappa shape index (κ2) is 5.12. The molecule has 1 fully saturated rings. The molecule has 1 saturated carbocycles. The summed E-state index contributed by atoms with van der Waals surface area (Å²) in [5.41, 5.74) is 0.681. The molecule has 0 atom stereocenters. The van der Waals surface area contributed by atoms with Crippen molar-refractivity contribution in [3.05, 3.63) is 29.8 Å². The third-order valence-corrected chi connectivity index (χ3v) is 2.53. The lowest BCUT2D eigenvalue weighted by atomic mass is 10.2. The average Bonchev–Trinajstić information content (AvgIpc) is 3.13. The number of benzene rings is 1. The van der Waals surface area contributed by atoms with Gasteiger partial charge in [-0.3, -0.25) is 9.59 Å². The Balaban J connectivity index is 1.96. The van der Waals surface area contributed by atoms with Gasteiger partial charge in [-0.2, -0.15) is 8.78 Å². The smallest absolute Gasteiger partial charge is 0.315 e. The molecular weight excluding hydrogens is 242 g/mol. The highest BCUT2D eigenvalue weighted by Gasteiger charge is 2.23. The number of alkyl halides is 2. The molecule has 0 heterocycles. The maximum absolute atomic E-state index is 12.0. The van der Waals surface area contributed by atoms with Gasteiger partial charge in [-0.1, -0.05) is 0 Å². The molecule has 2 N–H and O–H groups in total. The van der Waals surface area contributed by atoms with E-state index in [1.807, 2.05) is 5.32 Å². The topological polar surface area (TPSA) is 58.2 Å². The van der Waals surface area contributed by atoms with E-state index in [4.69, 9.17) is 0 Å². The number of carbonyl (C=O) groups is 2. The summed E-state index contributed by atoms with van der Waals surface area (Å²) in [7, 11) is 0. The molecule has 0 saturated heterocycles. The number of nitrogens with one attached hydrogen (secondary N) is 2. The van der Waals surface area contributed by atoms with E-state index in [9.17, 15) is 18.4 Å². The molecule has 0 spiro atoms. The van der Waals surface area contributed by atoms with Gasteiger partial charge in [0, 0.05) is 17.3 Å². The fourth-order valence-electron chi connectivity index (χ4n) is 1.40. The van der Waals surface area contributed by atoms with Gasteiger partial charge in [-0.25, -0.2) is 0 Å². The zero-order valence-electron chi connectivity index (χ0n) is 9.45. The van der Waals surface area contributed by atoms with Crippen molar-refractivity contribution in [3.8, 4) is 0 Å². The monoisotopic (exact) mass is 254 g/mol. The zero-order valence-corrected chi connectivity index (χ0v) is 9.45. The van der Waals surface area contributed by atoms with Crippen LogP contribution in [0.3, 0.4) is 0 Å². The van der Waals surface area contributed by atoms with E-state index in [0.29, 0.717) is 5.56 Å². The molecule has 1 aromatic rings. The van der Waals surface area contributed by atoms with E-state index < -0.39 is 12.3 Å². The van der Waals surface area contributed by atoms with E-state index in [2.05, 4.69) is 5.32 Å². The van der Waals surface area contributed by atoms with Gasteiger partial charge in [-0.15, -0.1) is 0 Å². The van der Waals surface area contributed by atoms with Crippen molar-refractivity contribution in [3.63, 3.8) is 0 Å². The van der Waals surface area contributed by atoms with Crippen molar-refractivity contribution in [2.45, 2.75) is 25.3 Å². The highest BCUT2D eigenvalue weighted by atomic mass is 19.3. The quantitative estimate of drug-likeness (QED) is 0.860. The highest BCUT2D eigenvalue weighted by Crippen LogP contribution is 2.19. The summed E-state index contributed by atoms with van der Waals surface area (Å²) in [6.45, 7) is 0. The van der Waals surface area contributed by atoms with Crippen LogP contribution in [0.1, 0.15) is 23.2 Å². The van der Waals surface area contributed by atoms with Gasteiger partial charge in [0.15, 0.2) is 0 Å². The SMILES string of the molecule is O=C(NC1CC1)c1ccc(NC(=O)C(F)F)cc1. The number of hydrogen-bond donors (Lipinski definition) is 2. The minimum atomic E-state index is -3.05. The van der Waals surface area contributed by atoms with Crippen LogP contribution in [0.5, 0.6) is 0 Å². The first kappa shape index (κ1) is 12.5. The second-order valence-electron chi connectivity index (χ2n) is 4.12. The van der Waals surface area contributed by atoms with Gasteiger partial charge in [-0.05, 0) is 37.1 Å². The summed E-state index contributed by atoms with van der Waals surface area (Å²) < 4.78 is 24.0. The maximum atomic E-state index is 12.0. The van der Waals surface area contributed by atoms with Crippen LogP contribution in [0.15, 0.2) is 24.3 Å². The lowest BCUT2D eigenvalue weighted by Gasteiger charge is -2.06. The van der Waals surface area contributed by atoms with Crippen molar-refractivity contribution < 1.29 is 18.4 Å². The Bertz CT molecular complexity index is 456. The fraction of sp³-hybridized carbons (Fsp3) is 0.333. The molecule has 6 heteroatoms. The van der Waals surface area contributed by atoms with Gasteiger partial charge >= 0.3 is 6.43 Å². The van der Waals surface area contributed by atoms with E-state index in [0.717, 1.165) is 12.8 Å². The molecule has 4 nitrogen and oxygen atoms in total. The first-order chi connectivity index (χ1) is 8.56. The Morgan fingerprint density at radius 2 is 1.78 bits per heavy atom. The summed E-state index contributed by atoms with van der Waals surface area (Å²) in [6, 6.07) is 6.07. The normalized spacial score (nSPS) is 14.4. The summed E-state index contributed by atoms with van der Waals surface area (Å²) in [6.07, 6.45) is -1.06. The molecule has 2 amide bonds. The predicted octanol–water partition coefficient (Wildman–Crippen LogP) is 1.78. The van der Waals surface area contributed by atoms with Crippen LogP contribution in [-0.4, -0.2) is 24.3 Å². The predicted molar refractivity (Wildman–Crippen MR) is 61.6 cm³/mol. The third kappa shape index (κ3) is 3.26. The van der Waals surface area contributed by atoms with Crippen molar-refractivity contribution in [2.24, 2.45) is 0 Å². The molecule has 2 rings (SSSR count). The summed E-state index contributed by atoms with van der Waals surface area (Å²) >= 11 is 0. The van der Waals surface area contributed by atoms with E-state index in [-0.39, 0.29) is 17.6 Å². The Labute approximate surface area is 102 Å². The zero-order chi connectivity index (χ0) is 13.1. The molecule has 0 aliphatic heterocycles. The average molecular weight is 254 g/mol. The van der Waals surface area contributed by atoms with Gasteiger partial charge in [0.05, 0.1) is 0 Å². The van der Waals surface area contributed by atoms with Crippen LogP contribution in [0.25, 0.3) is 0 Å². The van der Waals surface area contributed by atoms with Gasteiger partial charge in [0.1, 0.15) is 0 Å². The molecule has 0 radical (unpaired) electrons. The van der Waals surface area contributed by atoms with Crippen LogP contribution in [0.4, 0.5) is 14.5 Å². The minimum absolute atomic E-state index is 0.191. The molecule has 0 bridgehead atoms. The number of carbonyl (C=O) groups excluding carboxylic acids is 2. The van der Waals surface area contributed by atoms with Gasteiger partial charge < -0.3 is 10.6 Å². The molecule has 0 unspecified atom stereocenters. The molecule has 96 valence electrons.